The van der Waals surface area contributed by atoms with Gasteiger partial charge in [0.05, 0.1) is 0 Å². The molecule has 28 heavy (non-hydrogen) atoms. The van der Waals surface area contributed by atoms with Crippen molar-refractivity contribution in [3.8, 4) is 11.5 Å². The Bertz CT molecular complexity index is 762. The fourth-order valence-electron chi connectivity index (χ4n) is 5.06. The summed E-state index contributed by atoms with van der Waals surface area (Å²) < 4.78 is 5.58. The molecule has 4 fully saturated rings. The topological polar surface area (TPSA) is 54.4 Å². The number of hydrogen-bond donors (Lipinski definition) is 0. The molecular formula is C22H29N5O. The molecular weight excluding hydrogens is 350 g/mol. The molecule has 0 aliphatic carbocycles. The van der Waals surface area contributed by atoms with E-state index < -0.39 is 0 Å². The van der Waals surface area contributed by atoms with Crippen LogP contribution < -0.4 is 0 Å². The molecule has 6 heterocycles. The Hall–Kier alpha value is -1.89. The summed E-state index contributed by atoms with van der Waals surface area (Å²) in [5.74, 6) is 1.49. The van der Waals surface area contributed by atoms with Crippen LogP contribution >= 0.6 is 0 Å². The van der Waals surface area contributed by atoms with Crippen LogP contribution in [0, 0.1) is 5.92 Å². The van der Waals surface area contributed by atoms with Gasteiger partial charge in [-0.25, -0.2) is 9.97 Å². The molecule has 0 aromatic carbocycles. The predicted octanol–water partition coefficient (Wildman–Crippen LogP) is 2.61. The van der Waals surface area contributed by atoms with Gasteiger partial charge in [-0.15, -0.1) is 0 Å². The zero-order valence-electron chi connectivity index (χ0n) is 16.4. The molecule has 2 atom stereocenters. The van der Waals surface area contributed by atoms with E-state index in [9.17, 15) is 0 Å². The van der Waals surface area contributed by atoms with Crippen molar-refractivity contribution >= 4 is 0 Å². The molecule has 6 rings (SSSR count). The lowest BCUT2D eigenvalue weighted by molar-refractivity contribution is 0.0307. The Labute approximate surface area is 167 Å². The van der Waals surface area contributed by atoms with Gasteiger partial charge >= 0.3 is 0 Å². The molecule has 2 aromatic rings. The Balaban J connectivity index is 1.26. The van der Waals surface area contributed by atoms with Gasteiger partial charge in [0.25, 0.3) is 0 Å². The first-order valence-electron chi connectivity index (χ1n) is 10.6. The number of piperidine rings is 1. The lowest BCUT2D eigenvalue weighted by Gasteiger charge is -2.37. The lowest BCUT2D eigenvalue weighted by Crippen LogP contribution is -2.45. The van der Waals surface area contributed by atoms with E-state index in [1.54, 1.807) is 6.20 Å². The molecule has 6 nitrogen and oxygen atoms in total. The Morgan fingerprint density at radius 3 is 2.54 bits per heavy atom. The highest BCUT2D eigenvalue weighted by Gasteiger charge is 2.37. The quantitative estimate of drug-likeness (QED) is 0.814. The van der Waals surface area contributed by atoms with Crippen LogP contribution in [0.25, 0.3) is 11.5 Å². The van der Waals surface area contributed by atoms with Crippen LogP contribution in [-0.2, 0) is 11.3 Å². The standard InChI is InChI=1S/C22H29N5O/c1-2-8-23-21(3-1)22-24-11-18(12-25-22)15-26-13-17-4-5-20(26)16-27(14-17)19-6-9-28-10-7-19/h1-3,8,11-12,17,19-20H,4-7,9-10,13-16H2/t17-,20-/m1/s1. The second kappa shape index (κ2) is 8.23. The van der Waals surface area contributed by atoms with Crippen molar-refractivity contribution in [1.29, 1.82) is 0 Å². The third kappa shape index (κ3) is 3.95. The highest BCUT2D eigenvalue weighted by atomic mass is 16.5. The third-order valence-electron chi connectivity index (χ3n) is 6.55. The molecule has 6 heteroatoms. The maximum atomic E-state index is 5.58. The van der Waals surface area contributed by atoms with Crippen molar-refractivity contribution in [3.63, 3.8) is 0 Å². The predicted molar refractivity (Wildman–Crippen MR) is 108 cm³/mol. The molecule has 0 saturated carbocycles. The fraction of sp³-hybridized carbons (Fsp3) is 0.591. The van der Waals surface area contributed by atoms with Gasteiger partial charge in [0.1, 0.15) is 5.69 Å². The monoisotopic (exact) mass is 379 g/mol. The van der Waals surface area contributed by atoms with Gasteiger partial charge < -0.3 is 4.74 Å². The van der Waals surface area contributed by atoms with Gasteiger partial charge in [0.15, 0.2) is 5.82 Å². The minimum atomic E-state index is 0.650. The van der Waals surface area contributed by atoms with E-state index in [0.29, 0.717) is 11.9 Å². The van der Waals surface area contributed by atoms with E-state index in [1.165, 1.54) is 50.9 Å². The van der Waals surface area contributed by atoms with Crippen molar-refractivity contribution in [3.05, 3.63) is 42.4 Å². The van der Waals surface area contributed by atoms with Crippen molar-refractivity contribution in [2.75, 3.05) is 32.8 Å². The van der Waals surface area contributed by atoms with Crippen LogP contribution in [0.3, 0.4) is 0 Å². The zero-order chi connectivity index (χ0) is 18.8. The van der Waals surface area contributed by atoms with Gasteiger partial charge in [0.2, 0.25) is 0 Å². The molecule has 0 unspecified atom stereocenters. The minimum absolute atomic E-state index is 0.650. The summed E-state index contributed by atoms with van der Waals surface area (Å²) in [7, 11) is 0. The van der Waals surface area contributed by atoms with Crippen molar-refractivity contribution < 1.29 is 4.74 Å². The summed E-state index contributed by atoms with van der Waals surface area (Å²) in [4.78, 5) is 18.9. The number of aromatic nitrogens is 3. The molecule has 0 spiro atoms. The summed E-state index contributed by atoms with van der Waals surface area (Å²) in [6.45, 7) is 6.47. The molecule has 2 aromatic heterocycles. The molecule has 0 radical (unpaired) electrons. The number of ether oxygens (including phenoxy) is 1. The molecule has 148 valence electrons. The summed E-state index contributed by atoms with van der Waals surface area (Å²) in [5, 5.41) is 0. The Morgan fingerprint density at radius 2 is 1.75 bits per heavy atom. The van der Waals surface area contributed by atoms with Crippen LogP contribution in [0.2, 0.25) is 0 Å². The normalized spacial score (nSPS) is 27.0. The number of hydrogen-bond acceptors (Lipinski definition) is 6. The van der Waals surface area contributed by atoms with E-state index in [1.807, 2.05) is 30.6 Å². The van der Waals surface area contributed by atoms with Gasteiger partial charge in [-0.2, -0.15) is 0 Å². The lowest BCUT2D eigenvalue weighted by atomic mass is 9.94. The average molecular weight is 380 g/mol. The van der Waals surface area contributed by atoms with Crippen LogP contribution in [-0.4, -0.2) is 69.7 Å². The smallest absolute Gasteiger partial charge is 0.178 e. The highest BCUT2D eigenvalue weighted by molar-refractivity contribution is 5.47. The minimum Gasteiger partial charge on any atom is -0.381 e. The summed E-state index contributed by atoms with van der Waals surface area (Å²) in [5.41, 5.74) is 2.03. The summed E-state index contributed by atoms with van der Waals surface area (Å²) >= 11 is 0. The maximum absolute atomic E-state index is 5.58. The van der Waals surface area contributed by atoms with Crippen molar-refractivity contribution in [2.24, 2.45) is 5.92 Å². The van der Waals surface area contributed by atoms with Gasteiger partial charge in [0, 0.05) is 75.6 Å². The van der Waals surface area contributed by atoms with E-state index in [0.717, 1.165) is 37.4 Å². The molecule has 4 saturated heterocycles. The first-order chi connectivity index (χ1) is 13.8. The Kier molecular flexibility index (Phi) is 5.34. The Morgan fingerprint density at radius 1 is 0.893 bits per heavy atom. The molecule has 4 aliphatic rings. The van der Waals surface area contributed by atoms with Crippen LogP contribution in [0.15, 0.2) is 36.8 Å². The second-order valence-electron chi connectivity index (χ2n) is 8.45. The highest BCUT2D eigenvalue weighted by Crippen LogP contribution is 2.31. The summed E-state index contributed by atoms with van der Waals surface area (Å²) in [6, 6.07) is 7.20. The van der Waals surface area contributed by atoms with E-state index >= 15 is 0 Å². The van der Waals surface area contributed by atoms with Gasteiger partial charge in [-0.1, -0.05) is 6.07 Å². The van der Waals surface area contributed by atoms with E-state index in [4.69, 9.17) is 4.74 Å². The van der Waals surface area contributed by atoms with Crippen molar-refractivity contribution in [2.45, 2.75) is 44.3 Å². The van der Waals surface area contributed by atoms with Crippen LogP contribution in [0.4, 0.5) is 0 Å². The molecule has 0 N–H and O–H groups in total. The zero-order valence-corrected chi connectivity index (χ0v) is 16.4. The van der Waals surface area contributed by atoms with Crippen LogP contribution in [0.5, 0.6) is 0 Å². The molecule has 2 bridgehead atoms. The van der Waals surface area contributed by atoms with Crippen molar-refractivity contribution in [1.82, 2.24) is 24.8 Å². The van der Waals surface area contributed by atoms with E-state index in [-0.39, 0.29) is 0 Å². The summed E-state index contributed by atoms with van der Waals surface area (Å²) in [6.07, 6.45) is 10.8. The first-order valence-corrected chi connectivity index (χ1v) is 10.6. The second-order valence-corrected chi connectivity index (χ2v) is 8.45. The maximum Gasteiger partial charge on any atom is 0.178 e. The number of nitrogens with zero attached hydrogens (tertiary/aromatic N) is 5. The number of pyridine rings is 1. The van der Waals surface area contributed by atoms with E-state index in [2.05, 4.69) is 24.8 Å². The fourth-order valence-corrected chi connectivity index (χ4v) is 5.06. The van der Waals surface area contributed by atoms with Gasteiger partial charge in [-0.05, 0) is 43.7 Å². The number of fused-ring (bicyclic) bond motifs is 4. The largest absolute Gasteiger partial charge is 0.381 e. The molecule has 0 amide bonds. The average Bonchev–Trinajstić information content (AvgIpc) is 3.08. The van der Waals surface area contributed by atoms with Gasteiger partial charge in [-0.3, -0.25) is 14.8 Å². The van der Waals surface area contributed by atoms with Crippen LogP contribution in [0.1, 0.15) is 31.2 Å². The third-order valence-corrected chi connectivity index (χ3v) is 6.55. The SMILES string of the molecule is c1ccc(-c2ncc(CN3C[C@H]4CC[C@@H]3CN(C3CCOCC3)C4)cn2)nc1. The first kappa shape index (κ1) is 18.2. The molecule has 4 aliphatic heterocycles. The number of rotatable bonds is 4.